The predicted octanol–water partition coefficient (Wildman–Crippen LogP) is -1.84. The number of sulfonamides is 1. The average molecular weight is 320 g/mol. The van der Waals surface area contributed by atoms with Gasteiger partial charge in [-0.15, -0.1) is 0 Å². The van der Waals surface area contributed by atoms with Crippen LogP contribution in [0.15, 0.2) is 23.1 Å². The summed E-state index contributed by atoms with van der Waals surface area (Å²) in [7, 11) is -4.08. The highest BCUT2D eigenvalue weighted by Gasteiger charge is 2.29. The summed E-state index contributed by atoms with van der Waals surface area (Å²) in [6.45, 7) is -2.01. The van der Waals surface area contributed by atoms with Gasteiger partial charge >= 0.3 is 5.97 Å². The van der Waals surface area contributed by atoms with E-state index in [0.29, 0.717) is 0 Å². The summed E-state index contributed by atoms with van der Waals surface area (Å²) in [5.41, 5.74) is -2.05. The number of primary sulfonamides is 1. The summed E-state index contributed by atoms with van der Waals surface area (Å²) in [6, 6.07) is 3.04. The highest BCUT2D eigenvalue weighted by molar-refractivity contribution is 7.89. The molecule has 7 N–H and O–H groups in total. The Bertz CT molecular complexity index is 617. The van der Waals surface area contributed by atoms with Crippen LogP contribution < -0.4 is 10.5 Å². The number of nitrogens with two attached hydrogens (primary N) is 1. The number of benzene rings is 1. The number of anilines is 1. The second-order valence-electron chi connectivity index (χ2n) is 4.44. The molecule has 1 aromatic carbocycles. The maximum Gasteiger partial charge on any atom is 0.337 e. The molecular weight excluding hydrogens is 304 g/mol. The summed E-state index contributed by atoms with van der Waals surface area (Å²) < 4.78 is 22.4. The van der Waals surface area contributed by atoms with Crippen LogP contribution in [0.25, 0.3) is 0 Å². The third-order valence-corrected chi connectivity index (χ3v) is 3.77. The van der Waals surface area contributed by atoms with Crippen molar-refractivity contribution in [3.05, 3.63) is 23.8 Å². The highest BCUT2D eigenvalue weighted by Crippen LogP contribution is 2.23. The molecule has 0 heterocycles. The number of hydrogen-bond donors (Lipinski definition) is 6. The van der Waals surface area contributed by atoms with Crippen molar-refractivity contribution in [3.63, 3.8) is 0 Å². The van der Waals surface area contributed by atoms with E-state index in [1.54, 1.807) is 0 Å². The zero-order valence-corrected chi connectivity index (χ0v) is 11.7. The lowest BCUT2D eigenvalue weighted by atomic mass is 10.0. The Labute approximate surface area is 120 Å². The van der Waals surface area contributed by atoms with Crippen LogP contribution >= 0.6 is 0 Å². The SMILES string of the molecule is NS(=O)(=O)c1ccc(NC(CO)(CO)CO)c(C(=O)O)c1. The molecule has 0 aliphatic heterocycles. The van der Waals surface area contributed by atoms with Gasteiger partial charge in [0.15, 0.2) is 0 Å². The molecule has 21 heavy (non-hydrogen) atoms. The van der Waals surface area contributed by atoms with E-state index in [1.807, 2.05) is 0 Å². The molecule has 10 heteroatoms. The molecule has 0 saturated heterocycles. The smallest absolute Gasteiger partial charge is 0.337 e. The molecule has 9 nitrogen and oxygen atoms in total. The van der Waals surface area contributed by atoms with Crippen LogP contribution in [-0.4, -0.2) is 60.2 Å². The topological polar surface area (TPSA) is 170 Å². The van der Waals surface area contributed by atoms with Crippen molar-refractivity contribution in [2.24, 2.45) is 5.14 Å². The standard InChI is InChI=1S/C11H16N2O7S/c12-21(19,20)7-1-2-9(8(3-7)10(17)18)13-11(4-14,5-15)6-16/h1-3,13-16H,4-6H2,(H,17,18)(H2,12,19,20). The Hall–Kier alpha value is -1.72. The number of carboxylic acid groups (broad SMARTS) is 1. The normalized spacial score (nSPS) is 12.2. The summed E-state index contributed by atoms with van der Waals surface area (Å²) in [4.78, 5) is 10.8. The lowest BCUT2D eigenvalue weighted by molar-refractivity contribution is 0.0692. The minimum Gasteiger partial charge on any atom is -0.478 e. The number of aliphatic hydroxyl groups is 3. The van der Waals surface area contributed by atoms with Crippen molar-refractivity contribution in [3.8, 4) is 0 Å². The largest absolute Gasteiger partial charge is 0.478 e. The van der Waals surface area contributed by atoms with E-state index in [2.05, 4.69) is 5.32 Å². The number of aromatic carboxylic acids is 1. The number of hydrogen-bond acceptors (Lipinski definition) is 7. The van der Waals surface area contributed by atoms with Gasteiger partial charge in [0.05, 0.1) is 30.3 Å². The Morgan fingerprint density at radius 2 is 1.71 bits per heavy atom. The maximum atomic E-state index is 11.2. The van der Waals surface area contributed by atoms with E-state index in [4.69, 9.17) is 10.2 Å². The number of carbonyl (C=O) groups is 1. The van der Waals surface area contributed by atoms with Crippen molar-refractivity contribution in [2.75, 3.05) is 25.1 Å². The molecule has 0 aliphatic rings. The third-order valence-electron chi connectivity index (χ3n) is 2.86. The molecule has 0 unspecified atom stereocenters. The molecule has 0 aromatic heterocycles. The molecule has 0 amide bonds. The molecule has 0 aliphatic carbocycles. The van der Waals surface area contributed by atoms with Gasteiger partial charge in [0, 0.05) is 5.69 Å². The minimum absolute atomic E-state index is 0.0768. The first-order chi connectivity index (χ1) is 9.69. The Balaban J connectivity index is 3.34. The monoisotopic (exact) mass is 320 g/mol. The summed E-state index contributed by atoms with van der Waals surface area (Å²) >= 11 is 0. The van der Waals surface area contributed by atoms with Crippen molar-refractivity contribution in [1.82, 2.24) is 0 Å². The molecule has 0 fully saturated rings. The van der Waals surface area contributed by atoms with E-state index in [9.17, 15) is 28.5 Å². The highest BCUT2D eigenvalue weighted by atomic mass is 32.2. The van der Waals surface area contributed by atoms with E-state index in [-0.39, 0.29) is 5.69 Å². The van der Waals surface area contributed by atoms with Gasteiger partial charge in [0.1, 0.15) is 5.54 Å². The molecule has 0 radical (unpaired) electrons. The van der Waals surface area contributed by atoms with Gasteiger partial charge in [0.2, 0.25) is 10.0 Å². The number of carboxylic acids is 1. The zero-order chi connectivity index (χ0) is 16.3. The van der Waals surface area contributed by atoms with Crippen LogP contribution in [0.2, 0.25) is 0 Å². The quantitative estimate of drug-likeness (QED) is 0.340. The lowest BCUT2D eigenvalue weighted by Crippen LogP contribution is -2.49. The molecular formula is C11H16N2O7S. The van der Waals surface area contributed by atoms with Crippen LogP contribution in [0.3, 0.4) is 0 Å². The first-order valence-electron chi connectivity index (χ1n) is 5.70. The van der Waals surface area contributed by atoms with E-state index >= 15 is 0 Å². The van der Waals surface area contributed by atoms with Gasteiger partial charge in [-0.1, -0.05) is 0 Å². The van der Waals surface area contributed by atoms with Crippen molar-refractivity contribution < 1.29 is 33.6 Å². The number of aliphatic hydroxyl groups excluding tert-OH is 3. The van der Waals surface area contributed by atoms with Crippen LogP contribution in [0.4, 0.5) is 5.69 Å². The minimum atomic E-state index is -4.08. The first-order valence-corrected chi connectivity index (χ1v) is 7.24. The fraction of sp³-hybridized carbons (Fsp3) is 0.364. The fourth-order valence-corrected chi connectivity index (χ4v) is 2.08. The summed E-state index contributed by atoms with van der Waals surface area (Å²) in [5.74, 6) is -1.44. The van der Waals surface area contributed by atoms with Crippen LogP contribution in [0.1, 0.15) is 10.4 Å². The van der Waals surface area contributed by atoms with Gasteiger partial charge in [0.25, 0.3) is 0 Å². The fourth-order valence-electron chi connectivity index (χ4n) is 1.54. The molecule has 1 rings (SSSR count). The molecule has 0 saturated carbocycles. The Morgan fingerprint density at radius 1 is 1.19 bits per heavy atom. The van der Waals surface area contributed by atoms with Gasteiger partial charge in [-0.2, -0.15) is 0 Å². The van der Waals surface area contributed by atoms with Crippen molar-refractivity contribution in [1.29, 1.82) is 0 Å². The van der Waals surface area contributed by atoms with Gasteiger partial charge < -0.3 is 25.7 Å². The van der Waals surface area contributed by atoms with Crippen LogP contribution in [-0.2, 0) is 10.0 Å². The average Bonchev–Trinajstić information content (AvgIpc) is 2.43. The Morgan fingerprint density at radius 3 is 2.10 bits per heavy atom. The van der Waals surface area contributed by atoms with E-state index < -0.39 is 51.8 Å². The Kier molecular flexibility index (Phi) is 5.25. The van der Waals surface area contributed by atoms with Gasteiger partial charge in [-0.05, 0) is 18.2 Å². The van der Waals surface area contributed by atoms with Crippen molar-refractivity contribution >= 4 is 21.7 Å². The van der Waals surface area contributed by atoms with Crippen LogP contribution in [0.5, 0.6) is 0 Å². The van der Waals surface area contributed by atoms with Crippen molar-refractivity contribution in [2.45, 2.75) is 10.4 Å². The third kappa shape index (κ3) is 3.89. The second kappa shape index (κ2) is 6.37. The molecule has 0 spiro atoms. The molecule has 0 bridgehead atoms. The van der Waals surface area contributed by atoms with Gasteiger partial charge in [-0.25, -0.2) is 18.4 Å². The van der Waals surface area contributed by atoms with Crippen LogP contribution in [0, 0.1) is 0 Å². The first kappa shape index (κ1) is 17.3. The number of rotatable bonds is 7. The molecule has 0 atom stereocenters. The molecule has 1 aromatic rings. The zero-order valence-electron chi connectivity index (χ0n) is 10.9. The second-order valence-corrected chi connectivity index (χ2v) is 6.00. The van der Waals surface area contributed by atoms with Gasteiger partial charge in [-0.3, -0.25) is 0 Å². The summed E-state index contributed by atoms with van der Waals surface area (Å²) in [6.07, 6.45) is 0. The maximum absolute atomic E-state index is 11.2. The summed E-state index contributed by atoms with van der Waals surface area (Å²) in [5, 5.41) is 44.1. The predicted molar refractivity (Wildman–Crippen MR) is 72.4 cm³/mol. The lowest BCUT2D eigenvalue weighted by Gasteiger charge is -2.30. The van der Waals surface area contributed by atoms with E-state index in [0.717, 1.165) is 18.2 Å². The number of nitrogens with one attached hydrogen (secondary N) is 1. The van der Waals surface area contributed by atoms with E-state index in [1.165, 1.54) is 0 Å². The molecule has 118 valence electrons.